The maximum atomic E-state index is 3.62. The summed E-state index contributed by atoms with van der Waals surface area (Å²) in [6.07, 6.45) is 5.34. The number of likely N-dealkylation sites (tertiary alicyclic amines) is 1. The van der Waals surface area contributed by atoms with Gasteiger partial charge < -0.3 is 5.32 Å². The van der Waals surface area contributed by atoms with Crippen molar-refractivity contribution in [1.82, 2.24) is 10.2 Å². The van der Waals surface area contributed by atoms with Gasteiger partial charge in [0, 0.05) is 25.2 Å². The van der Waals surface area contributed by atoms with Crippen LogP contribution < -0.4 is 5.32 Å². The molecule has 3 unspecified atom stereocenters. The second-order valence-corrected chi connectivity index (χ2v) is 5.66. The Kier molecular flexibility index (Phi) is 6.37. The van der Waals surface area contributed by atoms with Crippen molar-refractivity contribution >= 4 is 0 Å². The van der Waals surface area contributed by atoms with Gasteiger partial charge in [0.2, 0.25) is 0 Å². The maximum absolute atomic E-state index is 3.62. The summed E-state index contributed by atoms with van der Waals surface area (Å²) in [5.41, 5.74) is 0. The van der Waals surface area contributed by atoms with E-state index in [0.717, 1.165) is 18.5 Å². The zero-order valence-electron chi connectivity index (χ0n) is 11.6. The lowest BCUT2D eigenvalue weighted by Crippen LogP contribution is -2.44. The zero-order valence-corrected chi connectivity index (χ0v) is 11.6. The van der Waals surface area contributed by atoms with Crippen LogP contribution in [-0.4, -0.2) is 36.6 Å². The molecule has 1 aliphatic rings. The molecule has 1 aliphatic heterocycles. The van der Waals surface area contributed by atoms with Gasteiger partial charge in [-0.05, 0) is 45.6 Å². The van der Waals surface area contributed by atoms with Crippen LogP contribution in [0.3, 0.4) is 0 Å². The number of piperidine rings is 1. The molecule has 0 aromatic carbocycles. The van der Waals surface area contributed by atoms with Gasteiger partial charge in [-0.1, -0.05) is 20.3 Å². The molecule has 2 nitrogen and oxygen atoms in total. The van der Waals surface area contributed by atoms with E-state index in [1.54, 1.807) is 0 Å². The van der Waals surface area contributed by atoms with E-state index in [0.29, 0.717) is 6.04 Å². The van der Waals surface area contributed by atoms with E-state index in [4.69, 9.17) is 0 Å². The highest BCUT2D eigenvalue weighted by atomic mass is 15.2. The maximum Gasteiger partial charge on any atom is 0.0110 e. The SMILES string of the molecule is CCCC(C)NCCN1CCC(C)CC1C. The number of rotatable bonds is 6. The van der Waals surface area contributed by atoms with Crippen molar-refractivity contribution in [2.24, 2.45) is 5.92 Å². The van der Waals surface area contributed by atoms with Crippen molar-refractivity contribution in [2.75, 3.05) is 19.6 Å². The number of nitrogens with one attached hydrogen (secondary N) is 1. The van der Waals surface area contributed by atoms with Gasteiger partial charge in [0.15, 0.2) is 0 Å². The first-order chi connectivity index (χ1) is 7.63. The molecule has 1 rings (SSSR count). The summed E-state index contributed by atoms with van der Waals surface area (Å²) in [5.74, 6) is 0.929. The normalized spacial score (nSPS) is 29.2. The molecule has 2 heteroatoms. The fourth-order valence-electron chi connectivity index (χ4n) is 2.78. The standard InChI is InChI=1S/C14H30N2/c1-5-6-13(3)15-8-10-16-9-7-12(2)11-14(16)4/h12-15H,5-11H2,1-4H3. The molecule has 1 heterocycles. The third kappa shape index (κ3) is 4.84. The van der Waals surface area contributed by atoms with Gasteiger partial charge in [-0.25, -0.2) is 0 Å². The van der Waals surface area contributed by atoms with Crippen molar-refractivity contribution in [1.29, 1.82) is 0 Å². The van der Waals surface area contributed by atoms with Crippen LogP contribution in [0.5, 0.6) is 0 Å². The molecule has 0 saturated carbocycles. The molecule has 0 radical (unpaired) electrons. The summed E-state index contributed by atoms with van der Waals surface area (Å²) >= 11 is 0. The topological polar surface area (TPSA) is 15.3 Å². The molecule has 16 heavy (non-hydrogen) atoms. The van der Waals surface area contributed by atoms with Crippen LogP contribution in [0.25, 0.3) is 0 Å². The first-order valence-electron chi connectivity index (χ1n) is 7.11. The molecule has 0 amide bonds. The molecule has 1 N–H and O–H groups in total. The third-order valence-electron chi connectivity index (χ3n) is 3.89. The van der Waals surface area contributed by atoms with Crippen molar-refractivity contribution in [2.45, 2.75) is 65.5 Å². The summed E-state index contributed by atoms with van der Waals surface area (Å²) in [6.45, 7) is 13.0. The molecule has 96 valence electrons. The first-order valence-corrected chi connectivity index (χ1v) is 7.11. The quantitative estimate of drug-likeness (QED) is 0.749. The van der Waals surface area contributed by atoms with Crippen molar-refractivity contribution in [3.05, 3.63) is 0 Å². The van der Waals surface area contributed by atoms with Crippen molar-refractivity contribution in [3.8, 4) is 0 Å². The lowest BCUT2D eigenvalue weighted by molar-refractivity contribution is 0.129. The second kappa shape index (κ2) is 7.29. The Morgan fingerprint density at radius 2 is 2.12 bits per heavy atom. The van der Waals surface area contributed by atoms with E-state index >= 15 is 0 Å². The largest absolute Gasteiger partial charge is 0.313 e. The Morgan fingerprint density at radius 3 is 2.75 bits per heavy atom. The van der Waals surface area contributed by atoms with Crippen LogP contribution in [-0.2, 0) is 0 Å². The zero-order chi connectivity index (χ0) is 12.0. The Labute approximate surface area is 102 Å². The predicted octanol–water partition coefficient (Wildman–Crippen LogP) is 2.89. The average Bonchev–Trinajstić information content (AvgIpc) is 2.22. The first kappa shape index (κ1) is 14.0. The van der Waals surface area contributed by atoms with E-state index in [1.807, 2.05) is 0 Å². The van der Waals surface area contributed by atoms with Crippen LogP contribution in [0, 0.1) is 5.92 Å². The molecular formula is C14H30N2. The van der Waals surface area contributed by atoms with Gasteiger partial charge in [-0.3, -0.25) is 4.90 Å². The minimum absolute atomic E-state index is 0.684. The van der Waals surface area contributed by atoms with Crippen LogP contribution in [0.4, 0.5) is 0 Å². The van der Waals surface area contributed by atoms with Crippen LogP contribution in [0.1, 0.15) is 53.4 Å². The third-order valence-corrected chi connectivity index (χ3v) is 3.89. The number of hydrogen-bond acceptors (Lipinski definition) is 2. The lowest BCUT2D eigenvalue weighted by Gasteiger charge is -2.36. The van der Waals surface area contributed by atoms with Crippen molar-refractivity contribution in [3.63, 3.8) is 0 Å². The number of hydrogen-bond donors (Lipinski definition) is 1. The van der Waals surface area contributed by atoms with Gasteiger partial charge in [0.1, 0.15) is 0 Å². The summed E-state index contributed by atoms with van der Waals surface area (Å²) < 4.78 is 0. The number of nitrogens with zero attached hydrogens (tertiary/aromatic N) is 1. The molecule has 0 spiro atoms. The Morgan fingerprint density at radius 1 is 1.38 bits per heavy atom. The van der Waals surface area contributed by atoms with E-state index < -0.39 is 0 Å². The molecule has 1 fully saturated rings. The molecule has 0 aliphatic carbocycles. The highest BCUT2D eigenvalue weighted by Crippen LogP contribution is 2.21. The molecule has 3 atom stereocenters. The molecule has 0 aromatic rings. The van der Waals surface area contributed by atoms with Crippen LogP contribution >= 0.6 is 0 Å². The molecule has 0 bridgehead atoms. The van der Waals surface area contributed by atoms with Gasteiger partial charge in [0.05, 0.1) is 0 Å². The van der Waals surface area contributed by atoms with E-state index in [-0.39, 0.29) is 0 Å². The smallest absolute Gasteiger partial charge is 0.0110 e. The predicted molar refractivity (Wildman–Crippen MR) is 71.8 cm³/mol. The fraction of sp³-hybridized carbons (Fsp3) is 1.00. The minimum atomic E-state index is 0.684. The highest BCUT2D eigenvalue weighted by Gasteiger charge is 2.21. The van der Waals surface area contributed by atoms with E-state index in [2.05, 4.69) is 37.9 Å². The molecular weight excluding hydrogens is 196 g/mol. The average molecular weight is 226 g/mol. The fourth-order valence-corrected chi connectivity index (χ4v) is 2.78. The van der Waals surface area contributed by atoms with Gasteiger partial charge >= 0.3 is 0 Å². The lowest BCUT2D eigenvalue weighted by atomic mass is 9.93. The molecule has 0 aromatic heterocycles. The van der Waals surface area contributed by atoms with Gasteiger partial charge in [0.25, 0.3) is 0 Å². The van der Waals surface area contributed by atoms with E-state index in [9.17, 15) is 0 Å². The Balaban J connectivity index is 2.12. The van der Waals surface area contributed by atoms with E-state index in [1.165, 1.54) is 38.8 Å². The molecule has 1 saturated heterocycles. The van der Waals surface area contributed by atoms with Gasteiger partial charge in [-0.2, -0.15) is 0 Å². The highest BCUT2D eigenvalue weighted by molar-refractivity contribution is 4.77. The minimum Gasteiger partial charge on any atom is -0.313 e. The van der Waals surface area contributed by atoms with Crippen molar-refractivity contribution < 1.29 is 0 Å². The summed E-state index contributed by atoms with van der Waals surface area (Å²) in [6, 6.07) is 1.47. The van der Waals surface area contributed by atoms with Crippen LogP contribution in [0.15, 0.2) is 0 Å². The monoisotopic (exact) mass is 226 g/mol. The van der Waals surface area contributed by atoms with Crippen LogP contribution in [0.2, 0.25) is 0 Å². The Bertz CT molecular complexity index is 182. The van der Waals surface area contributed by atoms with Gasteiger partial charge in [-0.15, -0.1) is 0 Å². The Hall–Kier alpha value is -0.0800. The second-order valence-electron chi connectivity index (χ2n) is 5.66. The summed E-state index contributed by atoms with van der Waals surface area (Å²) in [7, 11) is 0. The summed E-state index contributed by atoms with van der Waals surface area (Å²) in [4.78, 5) is 2.64. The summed E-state index contributed by atoms with van der Waals surface area (Å²) in [5, 5.41) is 3.62.